The molecule has 21 heavy (non-hydrogen) atoms. The third kappa shape index (κ3) is 4.67. The van der Waals surface area contributed by atoms with Crippen molar-refractivity contribution in [3.05, 3.63) is 52.0 Å². The van der Waals surface area contributed by atoms with Gasteiger partial charge < -0.3 is 5.32 Å². The van der Waals surface area contributed by atoms with Gasteiger partial charge in [-0.2, -0.15) is 0 Å². The fourth-order valence-corrected chi connectivity index (χ4v) is 2.96. The van der Waals surface area contributed by atoms with E-state index in [0.717, 1.165) is 17.1 Å². The molecule has 1 heterocycles. The monoisotopic (exact) mass is 302 g/mol. The van der Waals surface area contributed by atoms with Crippen LogP contribution in [0.2, 0.25) is 0 Å². The lowest BCUT2D eigenvalue weighted by Gasteiger charge is -2.24. The first-order valence-corrected chi connectivity index (χ1v) is 8.08. The molecule has 1 aromatic carbocycles. The van der Waals surface area contributed by atoms with Gasteiger partial charge in [0.25, 0.3) is 0 Å². The number of nitrogens with one attached hydrogen (secondary N) is 1. The number of rotatable bonds is 6. The second-order valence-electron chi connectivity index (χ2n) is 5.88. The van der Waals surface area contributed by atoms with Crippen molar-refractivity contribution in [3.63, 3.8) is 0 Å². The summed E-state index contributed by atoms with van der Waals surface area (Å²) < 4.78 is 0. The molecule has 0 saturated carbocycles. The molecule has 112 valence electrons. The highest BCUT2D eigenvalue weighted by Gasteiger charge is 2.23. The summed E-state index contributed by atoms with van der Waals surface area (Å²) in [7, 11) is 0. The topological polar surface area (TPSA) is 42.0 Å². The van der Waals surface area contributed by atoms with Crippen LogP contribution in [0.15, 0.2) is 35.7 Å². The predicted molar refractivity (Wildman–Crippen MR) is 87.6 cm³/mol. The zero-order valence-electron chi connectivity index (χ0n) is 12.8. The number of amides is 1. The van der Waals surface area contributed by atoms with Gasteiger partial charge in [-0.1, -0.05) is 44.2 Å². The number of carbonyl (C=O) groups is 1. The molecule has 0 spiro atoms. The molecule has 1 amide bonds. The van der Waals surface area contributed by atoms with Crippen molar-refractivity contribution in [2.75, 3.05) is 6.54 Å². The molecule has 0 saturated heterocycles. The molecule has 0 aliphatic rings. The average molecular weight is 302 g/mol. The minimum absolute atomic E-state index is 0.0933. The Balaban J connectivity index is 1.81. The van der Waals surface area contributed by atoms with Crippen molar-refractivity contribution in [2.45, 2.75) is 39.0 Å². The number of aromatic nitrogens is 1. The second kappa shape index (κ2) is 6.85. The van der Waals surface area contributed by atoms with E-state index in [0.29, 0.717) is 13.0 Å². The van der Waals surface area contributed by atoms with Crippen molar-refractivity contribution in [1.82, 2.24) is 10.3 Å². The SMILES string of the molecule is Cc1nc(CCNC(=O)CC(C)(C)c2ccccc2)cs1. The molecule has 4 heteroatoms. The van der Waals surface area contributed by atoms with E-state index >= 15 is 0 Å². The highest BCUT2D eigenvalue weighted by molar-refractivity contribution is 7.09. The first-order chi connectivity index (χ1) is 9.97. The van der Waals surface area contributed by atoms with Crippen molar-refractivity contribution in [2.24, 2.45) is 0 Å². The van der Waals surface area contributed by atoms with Crippen molar-refractivity contribution < 1.29 is 4.79 Å². The summed E-state index contributed by atoms with van der Waals surface area (Å²) in [5.41, 5.74) is 2.10. The lowest BCUT2D eigenvalue weighted by Crippen LogP contribution is -2.32. The van der Waals surface area contributed by atoms with Crippen LogP contribution in [0.1, 0.15) is 36.5 Å². The van der Waals surface area contributed by atoms with E-state index in [1.165, 1.54) is 5.56 Å². The van der Waals surface area contributed by atoms with Gasteiger partial charge in [-0.25, -0.2) is 4.98 Å². The summed E-state index contributed by atoms with van der Waals surface area (Å²) in [6, 6.07) is 10.2. The van der Waals surface area contributed by atoms with Gasteiger partial charge in [0.05, 0.1) is 10.7 Å². The number of nitrogens with zero attached hydrogens (tertiary/aromatic N) is 1. The highest BCUT2D eigenvalue weighted by Crippen LogP contribution is 2.26. The Kier molecular flexibility index (Phi) is 5.12. The molecule has 0 unspecified atom stereocenters. The molecule has 1 N–H and O–H groups in total. The lowest BCUT2D eigenvalue weighted by molar-refractivity contribution is -0.122. The molecule has 3 nitrogen and oxygen atoms in total. The maximum Gasteiger partial charge on any atom is 0.220 e. The summed E-state index contributed by atoms with van der Waals surface area (Å²) in [4.78, 5) is 16.5. The first-order valence-electron chi connectivity index (χ1n) is 7.20. The number of hydrogen-bond acceptors (Lipinski definition) is 3. The van der Waals surface area contributed by atoms with Gasteiger partial charge in [-0.05, 0) is 17.9 Å². The molecule has 0 radical (unpaired) electrons. The Morgan fingerprint density at radius 1 is 1.29 bits per heavy atom. The number of thiazole rings is 1. The molecule has 2 aromatic rings. The van der Waals surface area contributed by atoms with Gasteiger partial charge in [0.1, 0.15) is 0 Å². The normalized spacial score (nSPS) is 11.4. The van der Waals surface area contributed by atoms with Crippen LogP contribution in [0.25, 0.3) is 0 Å². The maximum atomic E-state index is 12.1. The quantitative estimate of drug-likeness (QED) is 0.887. The first kappa shape index (κ1) is 15.7. The molecule has 1 aromatic heterocycles. The number of aryl methyl sites for hydroxylation is 1. The second-order valence-corrected chi connectivity index (χ2v) is 6.95. The Hall–Kier alpha value is -1.68. The molecule has 0 aliphatic carbocycles. The van der Waals surface area contributed by atoms with Crippen LogP contribution in [0.4, 0.5) is 0 Å². The average Bonchev–Trinajstić information content (AvgIpc) is 2.85. The van der Waals surface area contributed by atoms with Gasteiger partial charge in [-0.3, -0.25) is 4.79 Å². The largest absolute Gasteiger partial charge is 0.356 e. The van der Waals surface area contributed by atoms with Gasteiger partial charge in [0.2, 0.25) is 5.91 Å². The van der Waals surface area contributed by atoms with E-state index in [9.17, 15) is 4.79 Å². The lowest BCUT2D eigenvalue weighted by atomic mass is 9.81. The Morgan fingerprint density at radius 2 is 2.00 bits per heavy atom. The third-order valence-corrected chi connectivity index (χ3v) is 4.35. The van der Waals surface area contributed by atoms with Crippen LogP contribution < -0.4 is 5.32 Å². The Bertz CT molecular complexity index is 590. The van der Waals surface area contributed by atoms with E-state index in [2.05, 4.69) is 41.7 Å². The number of carbonyl (C=O) groups excluding carboxylic acids is 1. The standard InChI is InChI=1S/C17H22N2OS/c1-13-19-15(12-21-13)9-10-18-16(20)11-17(2,3)14-7-5-4-6-8-14/h4-8,12H,9-11H2,1-3H3,(H,18,20). The Morgan fingerprint density at radius 3 is 2.62 bits per heavy atom. The van der Waals surface area contributed by atoms with E-state index in [4.69, 9.17) is 0 Å². The fraction of sp³-hybridized carbons (Fsp3) is 0.412. The molecule has 2 rings (SSSR count). The number of hydrogen-bond donors (Lipinski definition) is 1. The van der Waals surface area contributed by atoms with E-state index < -0.39 is 0 Å². The zero-order valence-corrected chi connectivity index (χ0v) is 13.7. The van der Waals surface area contributed by atoms with Crippen LogP contribution in [0.5, 0.6) is 0 Å². The van der Waals surface area contributed by atoms with Crippen molar-refractivity contribution in [1.29, 1.82) is 0 Å². The fourth-order valence-electron chi connectivity index (χ4n) is 2.31. The van der Waals surface area contributed by atoms with E-state index in [1.54, 1.807) is 11.3 Å². The summed E-state index contributed by atoms with van der Waals surface area (Å²) in [6.07, 6.45) is 1.29. The summed E-state index contributed by atoms with van der Waals surface area (Å²) >= 11 is 1.65. The zero-order chi connectivity index (χ0) is 15.3. The molecule has 0 fully saturated rings. The van der Waals surface area contributed by atoms with Gasteiger partial charge in [0.15, 0.2) is 0 Å². The summed E-state index contributed by atoms with van der Waals surface area (Å²) in [6.45, 7) is 6.85. The highest BCUT2D eigenvalue weighted by atomic mass is 32.1. The smallest absolute Gasteiger partial charge is 0.220 e. The van der Waals surface area contributed by atoms with Gasteiger partial charge in [-0.15, -0.1) is 11.3 Å². The maximum absolute atomic E-state index is 12.1. The van der Waals surface area contributed by atoms with Crippen LogP contribution >= 0.6 is 11.3 Å². The summed E-state index contributed by atoms with van der Waals surface area (Å²) in [5.74, 6) is 0.0933. The van der Waals surface area contributed by atoms with Crippen LogP contribution in [-0.4, -0.2) is 17.4 Å². The molecular formula is C17H22N2OS. The number of benzene rings is 1. The molecular weight excluding hydrogens is 280 g/mol. The molecule has 0 atom stereocenters. The third-order valence-electron chi connectivity index (χ3n) is 3.53. The van der Waals surface area contributed by atoms with Crippen LogP contribution in [0, 0.1) is 6.92 Å². The van der Waals surface area contributed by atoms with Gasteiger partial charge >= 0.3 is 0 Å². The van der Waals surface area contributed by atoms with Crippen molar-refractivity contribution in [3.8, 4) is 0 Å². The predicted octanol–water partition coefficient (Wildman–Crippen LogP) is 3.48. The van der Waals surface area contributed by atoms with Crippen molar-refractivity contribution >= 4 is 17.2 Å². The Labute approximate surface area is 130 Å². The molecule has 0 aliphatic heterocycles. The van der Waals surface area contributed by atoms with E-state index in [1.807, 2.05) is 25.1 Å². The minimum Gasteiger partial charge on any atom is -0.356 e. The van der Waals surface area contributed by atoms with Gasteiger partial charge in [0, 0.05) is 24.8 Å². The molecule has 0 bridgehead atoms. The summed E-state index contributed by atoms with van der Waals surface area (Å²) in [5, 5.41) is 6.11. The van der Waals surface area contributed by atoms with Crippen LogP contribution in [-0.2, 0) is 16.6 Å². The minimum atomic E-state index is -0.150. The van der Waals surface area contributed by atoms with E-state index in [-0.39, 0.29) is 11.3 Å². The van der Waals surface area contributed by atoms with Crippen LogP contribution in [0.3, 0.4) is 0 Å².